The van der Waals surface area contributed by atoms with Crippen LogP contribution in [0.2, 0.25) is 12.1 Å². The van der Waals surface area contributed by atoms with Gasteiger partial charge in [-0.05, 0) is 43.2 Å². The van der Waals surface area contributed by atoms with Crippen molar-refractivity contribution in [2.24, 2.45) is 17.3 Å². The number of aryl methyl sites for hydroxylation is 1. The van der Waals surface area contributed by atoms with Crippen LogP contribution in [0.15, 0.2) is 40.6 Å². The zero-order valence-corrected chi connectivity index (χ0v) is 31.0. The largest absolute Gasteiger partial charge is 0.512 e. The summed E-state index contributed by atoms with van der Waals surface area (Å²) in [6.45, 7) is 17.1. The summed E-state index contributed by atoms with van der Waals surface area (Å²) in [6.07, 6.45) is 11.8. The average Bonchev–Trinajstić information content (AvgIpc) is 3.31. The number of aromatic nitrogens is 2. The van der Waals surface area contributed by atoms with Gasteiger partial charge in [0.15, 0.2) is 11.4 Å². The van der Waals surface area contributed by atoms with E-state index in [2.05, 4.69) is 50.1 Å². The molecule has 2 aromatic heterocycles. The molecule has 0 unspecified atom stereocenters. The number of aliphatic hydroxyl groups is 1. The van der Waals surface area contributed by atoms with Gasteiger partial charge in [0.05, 0.1) is 17.9 Å². The fraction of sp³-hybridized carbons (Fsp3) is 0.583. The Morgan fingerprint density at radius 3 is 2.26 bits per heavy atom. The maximum Gasteiger partial charge on any atom is 0.353 e. The van der Waals surface area contributed by atoms with E-state index < -0.39 is 8.24 Å². The molecule has 7 heteroatoms. The molecule has 0 atom stereocenters. The van der Waals surface area contributed by atoms with Crippen LogP contribution in [0.1, 0.15) is 105 Å². The molecule has 1 spiro atoms. The summed E-state index contributed by atoms with van der Waals surface area (Å²) < 4.78 is 9.20. The molecule has 2 aliphatic rings. The van der Waals surface area contributed by atoms with Crippen molar-refractivity contribution in [2.75, 3.05) is 0 Å². The molecule has 5 rings (SSSR count). The van der Waals surface area contributed by atoms with Gasteiger partial charge >= 0.3 is 14.1 Å². The average molecular weight is 781 g/mol. The Hall–Kier alpha value is -2.08. The molecule has 237 valence electrons. The first-order chi connectivity index (χ1) is 20.0. The number of allylic oxidation sites excluding steroid dienone is 2. The topological polar surface area (TPSA) is 67.2 Å². The summed E-state index contributed by atoms with van der Waals surface area (Å²) in [5.41, 5.74) is 5.93. The van der Waals surface area contributed by atoms with Gasteiger partial charge in [0.2, 0.25) is 5.52 Å². The molecule has 0 aliphatic carbocycles. The molecule has 5 nitrogen and oxygen atoms in total. The Morgan fingerprint density at radius 2 is 1.67 bits per heavy atom. The van der Waals surface area contributed by atoms with Crippen molar-refractivity contribution in [1.29, 1.82) is 0 Å². The van der Waals surface area contributed by atoms with Gasteiger partial charge in [-0.3, -0.25) is 9.78 Å². The number of nitrogens with zero attached hydrogens (tertiary/aromatic N) is 2. The Morgan fingerprint density at radius 1 is 1.05 bits per heavy atom. The fourth-order valence-corrected chi connectivity index (χ4v) is 12.4. The van der Waals surface area contributed by atoms with E-state index >= 15 is 0 Å². The molecule has 1 saturated heterocycles. The number of ketones is 1. The predicted molar refractivity (Wildman–Crippen MR) is 174 cm³/mol. The number of benzene rings is 1. The Bertz CT molecular complexity index is 1420. The van der Waals surface area contributed by atoms with Gasteiger partial charge in [-0.2, -0.15) is 0 Å². The SMILES string of the molecule is CCC(CC)C(=O)/C=C(\O)C(CC)CC.Cc1[c-]c2c(cc1)[Si]1(CCCCC1)[n+]1c(CC(C)(C)C)oc3ccnc-2c31.[Ir]. The van der Waals surface area contributed by atoms with Crippen molar-refractivity contribution in [1.82, 2.24) is 4.98 Å². The predicted octanol–water partition coefficient (Wildman–Crippen LogP) is 8.54. The Labute approximate surface area is 274 Å². The van der Waals surface area contributed by atoms with E-state index in [4.69, 9.17) is 9.40 Å². The minimum Gasteiger partial charge on any atom is -0.512 e. The molecule has 4 heterocycles. The summed E-state index contributed by atoms with van der Waals surface area (Å²) in [5.74, 6) is 1.71. The number of aliphatic hydroxyl groups excluding tert-OH is 1. The molecule has 0 saturated carbocycles. The summed E-state index contributed by atoms with van der Waals surface area (Å²) in [5, 5.41) is 11.3. The number of hydrogen-bond donors (Lipinski definition) is 1. The van der Waals surface area contributed by atoms with Gasteiger partial charge in [-0.25, -0.2) is 4.23 Å². The zero-order chi connectivity index (χ0) is 30.7. The first-order valence-corrected chi connectivity index (χ1v) is 18.7. The molecule has 2 aliphatic heterocycles. The number of hydrogen-bond acceptors (Lipinski definition) is 4. The molecule has 3 aromatic rings. The molecule has 1 aromatic carbocycles. The van der Waals surface area contributed by atoms with Crippen molar-refractivity contribution in [2.45, 2.75) is 119 Å². The molecular formula is C36H52IrN2O3Si. The Balaban J connectivity index is 0.000000274. The van der Waals surface area contributed by atoms with Crippen LogP contribution in [0.4, 0.5) is 0 Å². The smallest absolute Gasteiger partial charge is 0.353 e. The third kappa shape index (κ3) is 7.42. The van der Waals surface area contributed by atoms with Crippen molar-refractivity contribution in [3.8, 4) is 11.3 Å². The molecule has 0 bridgehead atoms. The van der Waals surface area contributed by atoms with E-state index in [0.29, 0.717) is 0 Å². The van der Waals surface area contributed by atoms with Gasteiger partial charge in [0.1, 0.15) is 0 Å². The van der Waals surface area contributed by atoms with Crippen LogP contribution in [-0.4, -0.2) is 24.1 Å². The normalized spacial score (nSPS) is 15.7. The second-order valence-electron chi connectivity index (χ2n) is 13.6. The maximum atomic E-state index is 11.7. The van der Waals surface area contributed by atoms with E-state index in [1.54, 1.807) is 0 Å². The number of pyridine rings is 1. The first-order valence-electron chi connectivity index (χ1n) is 16.3. The molecule has 1 fully saturated rings. The number of fused-ring (bicyclic) bond motifs is 4. The first kappa shape index (κ1) is 35.4. The van der Waals surface area contributed by atoms with Gasteiger partial charge < -0.3 is 9.52 Å². The van der Waals surface area contributed by atoms with Crippen LogP contribution in [0.25, 0.3) is 22.4 Å². The maximum absolute atomic E-state index is 11.7. The van der Waals surface area contributed by atoms with Crippen LogP contribution in [-0.2, 0) is 31.3 Å². The fourth-order valence-electron chi connectivity index (χ4n) is 6.94. The minimum absolute atomic E-state index is 0. The van der Waals surface area contributed by atoms with Gasteiger partial charge in [0.25, 0.3) is 0 Å². The number of carbonyl (C=O) groups excluding carboxylic acids is 1. The van der Waals surface area contributed by atoms with E-state index in [1.807, 2.05) is 40.0 Å². The number of carbonyl (C=O) groups is 1. The number of rotatable bonds is 8. The van der Waals surface area contributed by atoms with Crippen molar-refractivity contribution >= 4 is 30.3 Å². The van der Waals surface area contributed by atoms with E-state index in [-0.39, 0.29) is 48.9 Å². The van der Waals surface area contributed by atoms with E-state index in [1.165, 1.54) is 59.3 Å². The molecule has 43 heavy (non-hydrogen) atoms. The summed E-state index contributed by atoms with van der Waals surface area (Å²) in [6, 6.07) is 13.0. The third-order valence-corrected chi connectivity index (χ3v) is 14.4. The Kier molecular flexibility index (Phi) is 12.2. The van der Waals surface area contributed by atoms with Crippen LogP contribution in [0.5, 0.6) is 0 Å². The van der Waals surface area contributed by atoms with Crippen LogP contribution >= 0.6 is 0 Å². The third-order valence-electron chi connectivity index (χ3n) is 9.29. The minimum atomic E-state index is -1.90. The summed E-state index contributed by atoms with van der Waals surface area (Å²) in [7, 11) is -1.90. The van der Waals surface area contributed by atoms with Crippen LogP contribution in [0, 0.1) is 30.2 Å². The van der Waals surface area contributed by atoms with Crippen molar-refractivity contribution in [3.63, 3.8) is 0 Å². The standard InChI is InChI=1S/C23H28N2OSi.C13H24O2.Ir/c1-16-8-9-19-17(14-16)21-22-18(10-11-24-21)26-20(15-23(2,3)4)25(22)27(19)12-6-5-7-13-27;1-5-10(6-2)12(14)9-13(15)11(7-3)8-4;/h8-11H,5-7,12-13,15H2,1-4H3;9-11,14H,5-8H2,1-4H3;/b;12-9-;. The summed E-state index contributed by atoms with van der Waals surface area (Å²) >= 11 is 0. The van der Waals surface area contributed by atoms with E-state index in [9.17, 15) is 9.90 Å². The van der Waals surface area contributed by atoms with E-state index in [0.717, 1.165) is 49.3 Å². The van der Waals surface area contributed by atoms with Crippen LogP contribution in [0.3, 0.4) is 0 Å². The molecule has 0 amide bonds. The van der Waals surface area contributed by atoms with Crippen molar-refractivity contribution < 1.29 is 38.7 Å². The summed E-state index contributed by atoms with van der Waals surface area (Å²) in [4.78, 5) is 16.5. The monoisotopic (exact) mass is 781 g/mol. The van der Waals surface area contributed by atoms with Gasteiger partial charge in [-0.1, -0.05) is 79.8 Å². The second-order valence-corrected chi connectivity index (χ2v) is 17.6. The van der Waals surface area contributed by atoms with Gasteiger partial charge in [-0.15, -0.1) is 29.3 Å². The zero-order valence-electron chi connectivity index (χ0n) is 27.6. The van der Waals surface area contributed by atoms with Crippen molar-refractivity contribution in [3.05, 3.63) is 53.8 Å². The molecule has 1 radical (unpaired) electrons. The number of oxazole rings is 1. The molecular weight excluding hydrogens is 729 g/mol. The molecule has 1 N–H and O–H groups in total. The van der Waals surface area contributed by atoms with Crippen LogP contribution < -0.4 is 9.42 Å². The quantitative estimate of drug-likeness (QED) is 0.108. The van der Waals surface area contributed by atoms with Gasteiger partial charge in [0, 0.05) is 50.3 Å². The second kappa shape index (κ2) is 14.8.